The quantitative estimate of drug-likeness (QED) is 0.932. The molecule has 0 unspecified atom stereocenters. The van der Waals surface area contributed by atoms with E-state index in [0.29, 0.717) is 11.7 Å². The van der Waals surface area contributed by atoms with Crippen molar-refractivity contribution in [2.45, 2.75) is 26.8 Å². The van der Waals surface area contributed by atoms with Crippen LogP contribution in [0.25, 0.3) is 6.08 Å². The number of benzene rings is 1. The molecular weight excluding hydrogens is 312 g/mol. The highest BCUT2D eigenvalue weighted by molar-refractivity contribution is 5.92. The Morgan fingerprint density at radius 1 is 1.32 bits per heavy atom. The molecule has 1 fully saturated rings. The fourth-order valence-corrected chi connectivity index (χ4v) is 3.30. The van der Waals surface area contributed by atoms with Gasteiger partial charge in [-0.25, -0.2) is 0 Å². The zero-order valence-corrected chi connectivity index (χ0v) is 15.2. The minimum atomic E-state index is 0.0207. The topological polar surface area (TPSA) is 52.2 Å². The van der Waals surface area contributed by atoms with Gasteiger partial charge in [0, 0.05) is 37.9 Å². The summed E-state index contributed by atoms with van der Waals surface area (Å²) in [5, 5.41) is 6.93. The van der Waals surface area contributed by atoms with Gasteiger partial charge in [-0.15, -0.1) is 0 Å². The fraction of sp³-hybridized carbons (Fsp3) is 0.400. The Morgan fingerprint density at radius 3 is 2.72 bits per heavy atom. The molecule has 1 atom stereocenters. The molecule has 2 heterocycles. The van der Waals surface area contributed by atoms with Gasteiger partial charge in [-0.3, -0.25) is 14.8 Å². The lowest BCUT2D eigenvalue weighted by atomic mass is 10.1. The number of carbonyl (C=O) groups is 1. The summed E-state index contributed by atoms with van der Waals surface area (Å²) in [6, 6.07) is 12.5. The lowest BCUT2D eigenvalue weighted by Gasteiger charge is -2.39. The van der Waals surface area contributed by atoms with Crippen LogP contribution >= 0.6 is 0 Å². The van der Waals surface area contributed by atoms with Gasteiger partial charge in [0.05, 0.1) is 0 Å². The average molecular weight is 338 g/mol. The summed E-state index contributed by atoms with van der Waals surface area (Å²) in [7, 11) is 0. The highest BCUT2D eigenvalue weighted by Crippen LogP contribution is 2.15. The number of carbonyl (C=O) groups excluding carboxylic acids is 1. The highest BCUT2D eigenvalue weighted by atomic mass is 16.2. The predicted molar refractivity (Wildman–Crippen MR) is 100 cm³/mol. The van der Waals surface area contributed by atoms with Crippen LogP contribution in [0.5, 0.6) is 0 Å². The second-order valence-electron chi connectivity index (χ2n) is 6.91. The summed E-state index contributed by atoms with van der Waals surface area (Å²) in [6.45, 7) is 9.56. The van der Waals surface area contributed by atoms with E-state index in [4.69, 9.17) is 0 Å². The van der Waals surface area contributed by atoms with Gasteiger partial charge in [0.25, 0.3) is 5.91 Å². The number of hydrogen-bond donors (Lipinski definition) is 1. The van der Waals surface area contributed by atoms with E-state index in [1.807, 2.05) is 24.0 Å². The van der Waals surface area contributed by atoms with Gasteiger partial charge in [-0.05, 0) is 32.4 Å². The predicted octanol–water partition coefficient (Wildman–Crippen LogP) is 2.97. The minimum absolute atomic E-state index is 0.0207. The lowest BCUT2D eigenvalue weighted by Crippen LogP contribution is -2.53. The zero-order chi connectivity index (χ0) is 17.8. The molecule has 1 aliphatic rings. The number of amides is 1. The SMILES string of the molecule is CC(=Cc1ccccc1)CN1CCN(C(=O)c2cc(C)[nH]n2)C[C@H]1C. The number of nitrogens with zero attached hydrogens (tertiary/aromatic N) is 3. The first kappa shape index (κ1) is 17.4. The molecule has 1 saturated heterocycles. The van der Waals surface area contributed by atoms with E-state index in [1.54, 1.807) is 0 Å². The normalized spacial score (nSPS) is 19.2. The molecule has 1 aromatic heterocycles. The van der Waals surface area contributed by atoms with Gasteiger partial charge in [-0.1, -0.05) is 42.0 Å². The van der Waals surface area contributed by atoms with E-state index in [9.17, 15) is 4.79 Å². The third-order valence-corrected chi connectivity index (χ3v) is 4.64. The van der Waals surface area contributed by atoms with E-state index in [2.05, 4.69) is 59.3 Å². The Morgan fingerprint density at radius 2 is 2.08 bits per heavy atom. The fourth-order valence-electron chi connectivity index (χ4n) is 3.30. The molecule has 132 valence electrons. The van der Waals surface area contributed by atoms with Crippen molar-refractivity contribution in [2.24, 2.45) is 0 Å². The van der Waals surface area contributed by atoms with Gasteiger partial charge < -0.3 is 4.90 Å². The van der Waals surface area contributed by atoms with Crippen LogP contribution in [-0.2, 0) is 0 Å². The van der Waals surface area contributed by atoms with Crippen molar-refractivity contribution in [1.29, 1.82) is 0 Å². The standard InChI is InChI=1S/C20H26N4O/c1-15(11-18-7-5-4-6-8-18)13-23-9-10-24(14-17(23)3)20(25)19-12-16(2)21-22-19/h4-8,11-12,17H,9-10,13-14H2,1-3H3,(H,21,22)/t17-/m1/s1. The second-order valence-corrected chi connectivity index (χ2v) is 6.91. The van der Waals surface area contributed by atoms with E-state index in [1.165, 1.54) is 11.1 Å². The number of aromatic amines is 1. The molecule has 25 heavy (non-hydrogen) atoms. The molecule has 0 spiro atoms. The van der Waals surface area contributed by atoms with Gasteiger partial charge in [0.2, 0.25) is 0 Å². The van der Waals surface area contributed by atoms with Crippen LogP contribution in [0.4, 0.5) is 0 Å². The number of aromatic nitrogens is 2. The van der Waals surface area contributed by atoms with Crippen LogP contribution in [0, 0.1) is 6.92 Å². The zero-order valence-electron chi connectivity index (χ0n) is 15.2. The molecule has 1 aliphatic heterocycles. The molecule has 2 aromatic rings. The number of H-pyrrole nitrogens is 1. The van der Waals surface area contributed by atoms with Crippen molar-refractivity contribution in [3.05, 3.63) is 58.9 Å². The van der Waals surface area contributed by atoms with E-state index in [0.717, 1.165) is 31.9 Å². The van der Waals surface area contributed by atoms with E-state index < -0.39 is 0 Å². The monoisotopic (exact) mass is 338 g/mol. The molecule has 0 radical (unpaired) electrons. The van der Waals surface area contributed by atoms with Crippen LogP contribution in [0.2, 0.25) is 0 Å². The van der Waals surface area contributed by atoms with Crippen molar-refractivity contribution in [3.8, 4) is 0 Å². The first-order valence-electron chi connectivity index (χ1n) is 8.80. The molecule has 1 aromatic carbocycles. The Labute approximate surface area is 149 Å². The number of aryl methyl sites for hydroxylation is 1. The van der Waals surface area contributed by atoms with Crippen LogP contribution in [0.1, 0.15) is 35.6 Å². The maximum atomic E-state index is 12.5. The van der Waals surface area contributed by atoms with Crippen molar-refractivity contribution < 1.29 is 4.79 Å². The summed E-state index contributed by atoms with van der Waals surface area (Å²) >= 11 is 0. The average Bonchev–Trinajstić information content (AvgIpc) is 3.03. The minimum Gasteiger partial charge on any atom is -0.334 e. The molecule has 0 bridgehead atoms. The summed E-state index contributed by atoms with van der Waals surface area (Å²) in [4.78, 5) is 16.9. The third kappa shape index (κ3) is 4.37. The number of hydrogen-bond acceptors (Lipinski definition) is 3. The first-order valence-corrected chi connectivity index (χ1v) is 8.80. The van der Waals surface area contributed by atoms with Crippen LogP contribution < -0.4 is 0 Å². The molecule has 0 saturated carbocycles. The maximum absolute atomic E-state index is 12.5. The smallest absolute Gasteiger partial charge is 0.274 e. The van der Waals surface area contributed by atoms with Crippen LogP contribution in [-0.4, -0.2) is 58.1 Å². The number of rotatable bonds is 4. The number of piperazine rings is 1. The van der Waals surface area contributed by atoms with Gasteiger partial charge in [0.15, 0.2) is 0 Å². The Balaban J connectivity index is 1.58. The van der Waals surface area contributed by atoms with E-state index >= 15 is 0 Å². The molecule has 5 nitrogen and oxygen atoms in total. The highest BCUT2D eigenvalue weighted by Gasteiger charge is 2.28. The summed E-state index contributed by atoms with van der Waals surface area (Å²) in [5.74, 6) is 0.0207. The van der Waals surface area contributed by atoms with Gasteiger partial charge in [-0.2, -0.15) is 5.10 Å². The van der Waals surface area contributed by atoms with Crippen molar-refractivity contribution in [3.63, 3.8) is 0 Å². The van der Waals surface area contributed by atoms with Crippen LogP contribution in [0.15, 0.2) is 42.0 Å². The van der Waals surface area contributed by atoms with Gasteiger partial charge in [0.1, 0.15) is 5.69 Å². The second kappa shape index (κ2) is 7.66. The molecule has 5 heteroatoms. The first-order chi connectivity index (χ1) is 12.0. The van der Waals surface area contributed by atoms with Crippen molar-refractivity contribution in [1.82, 2.24) is 20.0 Å². The molecule has 1 N–H and O–H groups in total. The molecular formula is C20H26N4O. The Hall–Kier alpha value is -2.40. The summed E-state index contributed by atoms with van der Waals surface area (Å²) < 4.78 is 0. The van der Waals surface area contributed by atoms with Crippen molar-refractivity contribution in [2.75, 3.05) is 26.2 Å². The van der Waals surface area contributed by atoms with Gasteiger partial charge >= 0.3 is 0 Å². The maximum Gasteiger partial charge on any atom is 0.274 e. The van der Waals surface area contributed by atoms with Crippen molar-refractivity contribution >= 4 is 12.0 Å². The summed E-state index contributed by atoms with van der Waals surface area (Å²) in [6.07, 6.45) is 2.23. The number of nitrogens with one attached hydrogen (secondary N) is 1. The van der Waals surface area contributed by atoms with E-state index in [-0.39, 0.29) is 5.91 Å². The summed E-state index contributed by atoms with van der Waals surface area (Å²) in [5.41, 5.74) is 3.99. The Kier molecular flexibility index (Phi) is 5.34. The Bertz CT molecular complexity index is 750. The third-order valence-electron chi connectivity index (χ3n) is 4.64. The van der Waals surface area contributed by atoms with Crippen LogP contribution in [0.3, 0.4) is 0 Å². The largest absolute Gasteiger partial charge is 0.334 e. The molecule has 0 aliphatic carbocycles. The molecule has 3 rings (SSSR count). The lowest BCUT2D eigenvalue weighted by molar-refractivity contribution is 0.0532. The molecule has 1 amide bonds.